The first kappa shape index (κ1) is 17.9. The van der Waals surface area contributed by atoms with E-state index in [4.69, 9.17) is 5.73 Å². The number of nitrogen functional groups attached to an aromatic ring is 1. The summed E-state index contributed by atoms with van der Waals surface area (Å²) in [6, 6.07) is 1.18. The van der Waals surface area contributed by atoms with Gasteiger partial charge in [0.1, 0.15) is 4.90 Å². The van der Waals surface area contributed by atoms with Crippen LogP contribution in [0.2, 0.25) is 0 Å². The van der Waals surface area contributed by atoms with Gasteiger partial charge in [-0.2, -0.15) is 26.7 Å². The van der Waals surface area contributed by atoms with Crippen LogP contribution < -0.4 is 5.73 Å². The molecule has 0 unspecified atom stereocenters. The zero-order valence-corrected chi connectivity index (χ0v) is 13.8. The molecule has 0 amide bonds. The molecular formula is C13H16F2N6O2S. The molecule has 0 aliphatic rings. The third kappa shape index (κ3) is 4.11. The Morgan fingerprint density at radius 3 is 2.71 bits per heavy atom. The molecule has 0 bridgehead atoms. The fourth-order valence-electron chi connectivity index (χ4n) is 1.79. The molecule has 0 fully saturated rings. The van der Waals surface area contributed by atoms with Gasteiger partial charge in [-0.25, -0.2) is 4.68 Å². The van der Waals surface area contributed by atoms with E-state index in [9.17, 15) is 17.2 Å². The van der Waals surface area contributed by atoms with E-state index in [1.807, 2.05) is 0 Å². The molecule has 0 spiro atoms. The van der Waals surface area contributed by atoms with E-state index in [-0.39, 0.29) is 21.8 Å². The maximum atomic E-state index is 12.7. The summed E-state index contributed by atoms with van der Waals surface area (Å²) in [5.41, 5.74) is 5.80. The van der Waals surface area contributed by atoms with Crippen molar-refractivity contribution >= 4 is 21.9 Å². The molecule has 0 aliphatic carbocycles. The maximum Gasteiger partial charge on any atom is 0.333 e. The van der Waals surface area contributed by atoms with Gasteiger partial charge in [0.15, 0.2) is 0 Å². The molecule has 0 saturated carbocycles. The third-order valence-electron chi connectivity index (χ3n) is 2.89. The number of hydrogen-bond acceptors (Lipinski definition) is 6. The first-order chi connectivity index (χ1) is 11.2. The van der Waals surface area contributed by atoms with Crippen molar-refractivity contribution in [3.8, 4) is 11.3 Å². The minimum absolute atomic E-state index is 0.0434. The van der Waals surface area contributed by atoms with Gasteiger partial charge in [-0.15, -0.1) is 0 Å². The van der Waals surface area contributed by atoms with E-state index in [0.29, 0.717) is 11.2 Å². The molecule has 0 saturated heterocycles. The lowest BCUT2D eigenvalue weighted by molar-refractivity contribution is 0.0566. The van der Waals surface area contributed by atoms with Crippen molar-refractivity contribution in [1.82, 2.24) is 19.7 Å². The Morgan fingerprint density at radius 1 is 1.42 bits per heavy atom. The molecule has 0 aromatic carbocycles. The largest absolute Gasteiger partial charge is 0.397 e. The summed E-state index contributed by atoms with van der Waals surface area (Å²) in [5.74, 6) is 0. The first-order valence-electron chi connectivity index (χ1n) is 6.72. The number of rotatable bonds is 6. The average Bonchev–Trinajstić information content (AvgIpc) is 2.96. The van der Waals surface area contributed by atoms with Gasteiger partial charge in [-0.05, 0) is 20.2 Å². The van der Waals surface area contributed by atoms with Gasteiger partial charge in [0, 0.05) is 24.5 Å². The standard InChI is InChI=1S/C13H16F2N6O2S/c1-20(2)4-3-19-24(22,23)11-5-10(16)7-17-12(11)9-6-18-21(8-9)13(14)15/h3,5-8,13H,4,16H2,1-2H3. The Morgan fingerprint density at radius 2 is 2.12 bits per heavy atom. The molecule has 2 N–H and O–H groups in total. The van der Waals surface area contributed by atoms with E-state index in [1.54, 1.807) is 19.0 Å². The molecule has 8 nitrogen and oxygen atoms in total. The minimum Gasteiger partial charge on any atom is -0.397 e. The summed E-state index contributed by atoms with van der Waals surface area (Å²) in [5, 5.41) is 3.48. The molecule has 0 aliphatic heterocycles. The summed E-state index contributed by atoms with van der Waals surface area (Å²) < 4.78 is 54.1. The van der Waals surface area contributed by atoms with E-state index in [0.717, 1.165) is 12.4 Å². The topological polar surface area (TPSA) is 106 Å². The van der Waals surface area contributed by atoms with Gasteiger partial charge in [0.2, 0.25) is 0 Å². The van der Waals surface area contributed by atoms with Crippen LogP contribution in [0.5, 0.6) is 0 Å². The molecule has 11 heteroatoms. The van der Waals surface area contributed by atoms with Crippen molar-refractivity contribution < 1.29 is 17.2 Å². The van der Waals surface area contributed by atoms with Gasteiger partial charge in [0.05, 0.1) is 23.8 Å². The summed E-state index contributed by atoms with van der Waals surface area (Å²) in [4.78, 5) is 5.40. The zero-order chi connectivity index (χ0) is 17.9. The van der Waals surface area contributed by atoms with Crippen molar-refractivity contribution in [3.05, 3.63) is 24.7 Å². The molecule has 2 heterocycles. The Kier molecular flexibility index (Phi) is 5.24. The molecular weight excluding hydrogens is 342 g/mol. The number of aromatic nitrogens is 3. The van der Waals surface area contributed by atoms with Crippen LogP contribution in [0.1, 0.15) is 6.55 Å². The van der Waals surface area contributed by atoms with Crippen LogP contribution in [0.4, 0.5) is 14.5 Å². The number of nitrogens with zero attached hydrogens (tertiary/aromatic N) is 5. The normalized spacial score (nSPS) is 12.6. The monoisotopic (exact) mass is 358 g/mol. The highest BCUT2D eigenvalue weighted by Crippen LogP contribution is 2.28. The molecule has 130 valence electrons. The summed E-state index contributed by atoms with van der Waals surface area (Å²) in [6.07, 6.45) is 4.57. The summed E-state index contributed by atoms with van der Waals surface area (Å²) >= 11 is 0. The Labute approximate surface area is 137 Å². The highest BCUT2D eigenvalue weighted by atomic mass is 32.2. The lowest BCUT2D eigenvalue weighted by Crippen LogP contribution is -2.14. The van der Waals surface area contributed by atoms with Gasteiger partial charge in [-0.3, -0.25) is 4.98 Å². The van der Waals surface area contributed by atoms with Crippen LogP contribution in [0.15, 0.2) is 34.0 Å². The quantitative estimate of drug-likeness (QED) is 0.779. The van der Waals surface area contributed by atoms with Crippen molar-refractivity contribution in [2.24, 2.45) is 4.40 Å². The molecule has 0 radical (unpaired) electrons. The lowest BCUT2D eigenvalue weighted by Gasteiger charge is -2.07. The number of hydrogen-bond donors (Lipinski definition) is 1. The number of halogens is 2. The summed E-state index contributed by atoms with van der Waals surface area (Å²) in [7, 11) is -0.583. The van der Waals surface area contributed by atoms with Crippen molar-refractivity contribution in [2.45, 2.75) is 11.4 Å². The van der Waals surface area contributed by atoms with E-state index >= 15 is 0 Å². The number of nitrogens with two attached hydrogens (primary N) is 1. The van der Waals surface area contributed by atoms with Crippen LogP contribution in [-0.4, -0.2) is 54.9 Å². The Bertz CT molecular complexity index is 848. The zero-order valence-electron chi connectivity index (χ0n) is 13.0. The van der Waals surface area contributed by atoms with Crippen molar-refractivity contribution in [1.29, 1.82) is 0 Å². The maximum absolute atomic E-state index is 12.7. The van der Waals surface area contributed by atoms with E-state index < -0.39 is 16.6 Å². The minimum atomic E-state index is -4.09. The average molecular weight is 358 g/mol. The molecule has 0 atom stereocenters. The highest BCUT2D eigenvalue weighted by Gasteiger charge is 2.22. The second kappa shape index (κ2) is 7.01. The number of anilines is 1. The van der Waals surface area contributed by atoms with Crippen LogP contribution in [0.25, 0.3) is 11.3 Å². The van der Waals surface area contributed by atoms with Gasteiger partial charge >= 0.3 is 6.55 Å². The van der Waals surface area contributed by atoms with Gasteiger partial charge in [0.25, 0.3) is 10.0 Å². The Hall–Kier alpha value is -2.40. The van der Waals surface area contributed by atoms with E-state index in [1.165, 1.54) is 18.5 Å². The third-order valence-corrected chi connectivity index (χ3v) is 4.18. The van der Waals surface area contributed by atoms with E-state index in [2.05, 4.69) is 14.5 Å². The molecule has 2 aromatic rings. The van der Waals surface area contributed by atoms with Gasteiger partial charge in [-0.1, -0.05) is 0 Å². The highest BCUT2D eigenvalue weighted by molar-refractivity contribution is 7.90. The molecule has 2 rings (SSSR count). The fourth-order valence-corrected chi connectivity index (χ4v) is 2.87. The molecule has 24 heavy (non-hydrogen) atoms. The van der Waals surface area contributed by atoms with Crippen LogP contribution in [-0.2, 0) is 10.0 Å². The lowest BCUT2D eigenvalue weighted by atomic mass is 10.2. The van der Waals surface area contributed by atoms with Crippen molar-refractivity contribution in [3.63, 3.8) is 0 Å². The second-order valence-corrected chi connectivity index (χ2v) is 6.73. The van der Waals surface area contributed by atoms with Crippen molar-refractivity contribution in [2.75, 3.05) is 26.4 Å². The van der Waals surface area contributed by atoms with Crippen LogP contribution in [0.3, 0.4) is 0 Å². The fraction of sp³-hybridized carbons (Fsp3) is 0.308. The Balaban J connectivity index is 2.49. The number of alkyl halides is 2. The first-order valence-corrected chi connectivity index (χ1v) is 8.16. The molecule has 2 aromatic heterocycles. The van der Waals surface area contributed by atoms with Crippen LogP contribution in [0, 0.1) is 0 Å². The van der Waals surface area contributed by atoms with Crippen LogP contribution >= 0.6 is 0 Å². The smallest absolute Gasteiger partial charge is 0.333 e. The predicted molar refractivity (Wildman–Crippen MR) is 85.4 cm³/mol. The SMILES string of the molecule is CN(C)CC=NS(=O)(=O)c1cc(N)cnc1-c1cnn(C(F)F)c1. The number of sulfonamides is 1. The predicted octanol–water partition coefficient (Wildman–Crippen LogP) is 1.24. The van der Waals surface area contributed by atoms with Gasteiger partial charge < -0.3 is 10.6 Å². The summed E-state index contributed by atoms with van der Waals surface area (Å²) in [6.45, 7) is -2.53. The second-order valence-electron chi connectivity index (χ2n) is 5.13. The number of pyridine rings is 1.